The Morgan fingerprint density at radius 2 is 1.97 bits per heavy atom. The molecule has 0 fully saturated rings. The Labute approximate surface area is 172 Å². The number of rotatable bonds is 5. The first-order valence-electron chi connectivity index (χ1n) is 8.93. The molecule has 1 aliphatic rings. The van der Waals surface area contributed by atoms with Gasteiger partial charge in [0.1, 0.15) is 5.82 Å². The van der Waals surface area contributed by atoms with Crippen molar-refractivity contribution in [3.63, 3.8) is 0 Å². The zero-order chi connectivity index (χ0) is 21.1. The van der Waals surface area contributed by atoms with Gasteiger partial charge in [0.15, 0.2) is 18.1 Å². The molecule has 2 amide bonds. The van der Waals surface area contributed by atoms with Crippen molar-refractivity contribution in [2.24, 2.45) is 5.73 Å². The first-order valence-corrected chi connectivity index (χ1v) is 9.30. The maximum atomic E-state index is 13.9. The van der Waals surface area contributed by atoms with E-state index in [2.05, 4.69) is 0 Å². The molecule has 2 N–H and O–H groups in total. The van der Waals surface area contributed by atoms with Crippen LogP contribution in [0, 0.1) is 5.82 Å². The number of hydrogen-bond donors (Lipinski definition) is 1. The second-order valence-corrected chi connectivity index (χ2v) is 7.02. The van der Waals surface area contributed by atoms with Gasteiger partial charge in [0.25, 0.3) is 11.8 Å². The molecule has 9 heteroatoms. The van der Waals surface area contributed by atoms with Crippen LogP contribution in [0.2, 0.25) is 5.02 Å². The van der Waals surface area contributed by atoms with E-state index in [4.69, 9.17) is 26.8 Å². The molecule has 3 rings (SSSR count). The molecular formula is C20H21ClFN3O4. The van der Waals surface area contributed by atoms with E-state index >= 15 is 0 Å². The van der Waals surface area contributed by atoms with Crippen molar-refractivity contribution in [2.75, 3.05) is 43.7 Å². The summed E-state index contributed by atoms with van der Waals surface area (Å²) in [4.78, 5) is 27.8. The summed E-state index contributed by atoms with van der Waals surface area (Å²) < 4.78 is 24.5. The highest BCUT2D eigenvalue weighted by Crippen LogP contribution is 2.38. The second-order valence-electron chi connectivity index (χ2n) is 6.61. The van der Waals surface area contributed by atoms with Crippen molar-refractivity contribution in [3.8, 4) is 11.5 Å². The van der Waals surface area contributed by atoms with Crippen LogP contribution < -0.4 is 25.0 Å². The van der Waals surface area contributed by atoms with Gasteiger partial charge in [0, 0.05) is 25.7 Å². The van der Waals surface area contributed by atoms with Gasteiger partial charge < -0.3 is 25.0 Å². The summed E-state index contributed by atoms with van der Waals surface area (Å²) in [6.07, 6.45) is 0.712. The lowest BCUT2D eigenvalue weighted by molar-refractivity contribution is -0.119. The fourth-order valence-electron chi connectivity index (χ4n) is 3.24. The average molecular weight is 422 g/mol. The molecule has 0 atom stereocenters. The van der Waals surface area contributed by atoms with Crippen molar-refractivity contribution in [1.29, 1.82) is 0 Å². The van der Waals surface area contributed by atoms with Crippen LogP contribution in [0.1, 0.15) is 16.8 Å². The highest BCUT2D eigenvalue weighted by molar-refractivity contribution is 6.33. The summed E-state index contributed by atoms with van der Waals surface area (Å²) in [5, 5.41) is 0.0976. The minimum absolute atomic E-state index is 0.0976. The SMILES string of the molecule is COc1cc(C(=O)N2CCCN(C)c3ccc(F)cc32)cc(Cl)c1OCC(N)=O. The first-order chi connectivity index (χ1) is 13.8. The molecule has 0 spiro atoms. The number of amides is 2. The number of nitrogens with zero attached hydrogens (tertiary/aromatic N) is 2. The third-order valence-corrected chi connectivity index (χ3v) is 4.88. The van der Waals surface area contributed by atoms with Gasteiger partial charge in [0.05, 0.1) is 23.5 Å². The number of hydrogen-bond acceptors (Lipinski definition) is 5. The predicted octanol–water partition coefficient (Wildman–Crippen LogP) is 2.84. The lowest BCUT2D eigenvalue weighted by Gasteiger charge is -2.25. The number of methoxy groups -OCH3 is 1. The van der Waals surface area contributed by atoms with Crippen molar-refractivity contribution in [1.82, 2.24) is 0 Å². The third kappa shape index (κ3) is 4.37. The lowest BCUT2D eigenvalue weighted by atomic mass is 10.1. The average Bonchev–Trinajstić information content (AvgIpc) is 2.84. The van der Waals surface area contributed by atoms with Crippen molar-refractivity contribution >= 4 is 34.8 Å². The summed E-state index contributed by atoms with van der Waals surface area (Å²) in [5.41, 5.74) is 6.59. The van der Waals surface area contributed by atoms with E-state index in [-0.39, 0.29) is 34.6 Å². The van der Waals surface area contributed by atoms with Gasteiger partial charge >= 0.3 is 0 Å². The van der Waals surface area contributed by atoms with Crippen LogP contribution in [-0.2, 0) is 4.79 Å². The van der Waals surface area contributed by atoms with Crippen LogP contribution in [0.5, 0.6) is 11.5 Å². The molecule has 0 aliphatic carbocycles. The summed E-state index contributed by atoms with van der Waals surface area (Å²) in [6.45, 7) is 0.764. The van der Waals surface area contributed by atoms with E-state index in [1.54, 1.807) is 6.07 Å². The molecule has 154 valence electrons. The Kier molecular flexibility index (Phi) is 6.12. The molecule has 0 radical (unpaired) electrons. The summed E-state index contributed by atoms with van der Waals surface area (Å²) in [5.74, 6) is -1.15. The normalized spacial score (nSPS) is 13.5. The molecule has 2 aromatic carbocycles. The molecule has 0 bridgehead atoms. The van der Waals surface area contributed by atoms with E-state index in [1.165, 1.54) is 36.3 Å². The number of halogens is 2. The number of primary amides is 1. The van der Waals surface area contributed by atoms with Crippen LogP contribution >= 0.6 is 11.6 Å². The first kappa shape index (κ1) is 20.7. The molecule has 1 heterocycles. The molecule has 0 saturated heterocycles. The molecule has 2 aromatic rings. The number of ether oxygens (including phenoxy) is 2. The van der Waals surface area contributed by atoms with E-state index in [9.17, 15) is 14.0 Å². The molecule has 29 heavy (non-hydrogen) atoms. The zero-order valence-corrected chi connectivity index (χ0v) is 16.8. The van der Waals surface area contributed by atoms with Crippen molar-refractivity contribution in [2.45, 2.75) is 6.42 Å². The molecular weight excluding hydrogens is 401 g/mol. The second kappa shape index (κ2) is 8.57. The fourth-order valence-corrected chi connectivity index (χ4v) is 3.50. The zero-order valence-electron chi connectivity index (χ0n) is 16.1. The lowest BCUT2D eigenvalue weighted by Crippen LogP contribution is -2.31. The van der Waals surface area contributed by atoms with Crippen LogP contribution in [0.4, 0.5) is 15.8 Å². The van der Waals surface area contributed by atoms with Crippen LogP contribution in [0.15, 0.2) is 30.3 Å². The minimum atomic E-state index is -0.671. The Bertz CT molecular complexity index is 954. The minimum Gasteiger partial charge on any atom is -0.493 e. The van der Waals surface area contributed by atoms with Crippen LogP contribution in [0.3, 0.4) is 0 Å². The van der Waals surface area contributed by atoms with E-state index in [0.717, 1.165) is 12.2 Å². The quantitative estimate of drug-likeness (QED) is 0.802. The smallest absolute Gasteiger partial charge is 0.258 e. The van der Waals surface area contributed by atoms with Gasteiger partial charge in [-0.3, -0.25) is 9.59 Å². The Morgan fingerprint density at radius 3 is 2.66 bits per heavy atom. The topological polar surface area (TPSA) is 85.1 Å². The Morgan fingerprint density at radius 1 is 1.21 bits per heavy atom. The van der Waals surface area contributed by atoms with Gasteiger partial charge in [-0.25, -0.2) is 4.39 Å². The van der Waals surface area contributed by atoms with E-state index in [1.807, 2.05) is 11.9 Å². The van der Waals surface area contributed by atoms with Gasteiger partial charge in [-0.05, 0) is 36.8 Å². The highest BCUT2D eigenvalue weighted by atomic mass is 35.5. The number of fused-ring (bicyclic) bond motifs is 1. The van der Waals surface area contributed by atoms with Gasteiger partial charge in [-0.2, -0.15) is 0 Å². The predicted molar refractivity (Wildman–Crippen MR) is 109 cm³/mol. The maximum absolute atomic E-state index is 13.9. The van der Waals surface area contributed by atoms with Crippen molar-refractivity contribution < 1.29 is 23.5 Å². The van der Waals surface area contributed by atoms with Crippen LogP contribution in [-0.4, -0.2) is 45.7 Å². The summed E-state index contributed by atoms with van der Waals surface area (Å²) in [7, 11) is 3.29. The molecule has 7 nitrogen and oxygen atoms in total. The summed E-state index contributed by atoms with van der Waals surface area (Å²) >= 11 is 6.26. The number of nitrogens with two attached hydrogens (primary N) is 1. The van der Waals surface area contributed by atoms with Crippen LogP contribution in [0.25, 0.3) is 0 Å². The Hall–Kier alpha value is -3.00. The molecule has 0 aromatic heterocycles. The van der Waals surface area contributed by atoms with Gasteiger partial charge in [0.2, 0.25) is 0 Å². The van der Waals surface area contributed by atoms with E-state index in [0.29, 0.717) is 18.7 Å². The largest absolute Gasteiger partial charge is 0.493 e. The molecule has 1 aliphatic heterocycles. The van der Waals surface area contributed by atoms with E-state index < -0.39 is 11.7 Å². The molecule has 0 saturated carbocycles. The fraction of sp³-hybridized carbons (Fsp3) is 0.300. The maximum Gasteiger partial charge on any atom is 0.258 e. The Balaban J connectivity index is 2.00. The molecule has 0 unspecified atom stereocenters. The number of carbonyl (C=O) groups excluding carboxylic acids is 2. The third-order valence-electron chi connectivity index (χ3n) is 4.60. The number of anilines is 2. The summed E-state index contributed by atoms with van der Waals surface area (Å²) in [6, 6.07) is 7.27. The highest BCUT2D eigenvalue weighted by Gasteiger charge is 2.26. The van der Waals surface area contributed by atoms with Gasteiger partial charge in [-0.15, -0.1) is 0 Å². The monoisotopic (exact) mass is 421 g/mol. The van der Waals surface area contributed by atoms with Crippen molar-refractivity contribution in [3.05, 3.63) is 46.7 Å². The van der Waals surface area contributed by atoms with Gasteiger partial charge in [-0.1, -0.05) is 11.6 Å². The number of benzene rings is 2. The number of carbonyl (C=O) groups is 2. The standard InChI is InChI=1S/C20H21ClFN3O4/c1-24-6-3-7-25(16-10-13(22)4-5-15(16)24)20(27)12-8-14(21)19(17(9-12)28-2)29-11-18(23)26/h4-5,8-10H,3,6-7,11H2,1-2H3,(H2,23,26).